The van der Waals surface area contributed by atoms with E-state index in [2.05, 4.69) is 15.4 Å². The van der Waals surface area contributed by atoms with Crippen molar-refractivity contribution in [3.8, 4) is 0 Å². The van der Waals surface area contributed by atoms with Crippen LogP contribution < -0.4 is 5.32 Å². The van der Waals surface area contributed by atoms with E-state index in [1.165, 1.54) is 5.01 Å². The molecule has 0 spiro atoms. The zero-order valence-electron chi connectivity index (χ0n) is 13.2. The van der Waals surface area contributed by atoms with Gasteiger partial charge in [-0.25, -0.2) is 5.01 Å². The number of hydrogen-bond acceptors (Lipinski definition) is 4. The predicted octanol–water partition coefficient (Wildman–Crippen LogP) is 1.77. The Bertz CT molecular complexity index is 813. The second-order valence-corrected chi connectivity index (χ2v) is 5.59. The fourth-order valence-corrected chi connectivity index (χ4v) is 2.65. The number of amides is 2. The van der Waals surface area contributed by atoms with Crippen LogP contribution >= 0.6 is 0 Å². The highest BCUT2D eigenvalue weighted by Crippen LogP contribution is 2.18. The lowest BCUT2D eigenvalue weighted by atomic mass is 10.1. The topological polar surface area (TPSA) is 74.7 Å². The summed E-state index contributed by atoms with van der Waals surface area (Å²) in [5.74, 6) is -0.305. The third kappa shape index (κ3) is 3.21. The van der Waals surface area contributed by atoms with Crippen molar-refractivity contribution in [2.45, 2.75) is 26.3 Å². The van der Waals surface area contributed by atoms with Gasteiger partial charge in [-0.15, -0.1) is 0 Å². The van der Waals surface area contributed by atoms with Gasteiger partial charge in [-0.2, -0.15) is 5.10 Å². The van der Waals surface area contributed by atoms with E-state index in [1.807, 2.05) is 37.3 Å². The van der Waals surface area contributed by atoms with Gasteiger partial charge in [-0.1, -0.05) is 18.2 Å². The first-order valence-corrected chi connectivity index (χ1v) is 7.52. The summed E-state index contributed by atoms with van der Waals surface area (Å²) in [4.78, 5) is 28.1. The standard InChI is InChI=1S/C17H18N4O2/c1-11-9-12(13-5-3-4-6-14(13)19-11)10-18-17(23)15-7-8-16(22)21(2)20-15/h3-6,9H,7-8,10H2,1-2H3,(H,18,23). The van der Waals surface area contributed by atoms with Gasteiger partial charge < -0.3 is 5.32 Å². The molecule has 2 heterocycles. The molecule has 0 unspecified atom stereocenters. The lowest BCUT2D eigenvalue weighted by Crippen LogP contribution is -2.37. The van der Waals surface area contributed by atoms with E-state index in [9.17, 15) is 9.59 Å². The molecule has 0 fully saturated rings. The Balaban J connectivity index is 1.77. The second kappa shape index (κ2) is 6.16. The number of pyridine rings is 1. The summed E-state index contributed by atoms with van der Waals surface area (Å²) >= 11 is 0. The molecule has 0 atom stereocenters. The molecular formula is C17H18N4O2. The number of hydrazone groups is 1. The number of fused-ring (bicyclic) bond motifs is 1. The minimum atomic E-state index is -0.233. The molecule has 0 saturated carbocycles. The van der Waals surface area contributed by atoms with Crippen molar-refractivity contribution in [3.63, 3.8) is 0 Å². The highest BCUT2D eigenvalue weighted by Gasteiger charge is 2.21. The number of carbonyl (C=O) groups excluding carboxylic acids is 2. The minimum Gasteiger partial charge on any atom is -0.347 e. The Morgan fingerprint density at radius 3 is 2.87 bits per heavy atom. The molecule has 3 rings (SSSR count). The Morgan fingerprint density at radius 2 is 2.09 bits per heavy atom. The summed E-state index contributed by atoms with van der Waals surface area (Å²) in [6.07, 6.45) is 0.700. The van der Waals surface area contributed by atoms with Crippen LogP contribution in [0.2, 0.25) is 0 Å². The van der Waals surface area contributed by atoms with Gasteiger partial charge in [0.2, 0.25) is 5.91 Å². The smallest absolute Gasteiger partial charge is 0.267 e. The zero-order chi connectivity index (χ0) is 16.4. The molecule has 1 N–H and O–H groups in total. The fraction of sp³-hybridized carbons (Fsp3) is 0.294. The summed E-state index contributed by atoms with van der Waals surface area (Å²) in [6.45, 7) is 2.34. The van der Waals surface area contributed by atoms with Crippen LogP contribution in [0.5, 0.6) is 0 Å². The van der Waals surface area contributed by atoms with Gasteiger partial charge in [-0.3, -0.25) is 14.6 Å². The van der Waals surface area contributed by atoms with Crippen molar-refractivity contribution in [1.82, 2.24) is 15.3 Å². The summed E-state index contributed by atoms with van der Waals surface area (Å²) < 4.78 is 0. The predicted molar refractivity (Wildman–Crippen MR) is 87.8 cm³/mol. The number of aromatic nitrogens is 1. The van der Waals surface area contributed by atoms with E-state index in [0.29, 0.717) is 25.1 Å². The Morgan fingerprint density at radius 1 is 1.30 bits per heavy atom. The van der Waals surface area contributed by atoms with Crippen LogP contribution in [0.25, 0.3) is 10.9 Å². The van der Waals surface area contributed by atoms with Crippen LogP contribution in [0.1, 0.15) is 24.1 Å². The van der Waals surface area contributed by atoms with Crippen molar-refractivity contribution in [1.29, 1.82) is 0 Å². The first-order chi connectivity index (χ1) is 11.0. The van der Waals surface area contributed by atoms with Crippen molar-refractivity contribution in [2.75, 3.05) is 7.05 Å². The number of benzene rings is 1. The summed E-state index contributed by atoms with van der Waals surface area (Å²) in [6, 6.07) is 9.82. The van der Waals surface area contributed by atoms with Crippen LogP contribution in [0.3, 0.4) is 0 Å². The highest BCUT2D eigenvalue weighted by molar-refractivity contribution is 6.39. The Kier molecular flexibility index (Phi) is 4.06. The molecule has 6 heteroatoms. The molecule has 23 heavy (non-hydrogen) atoms. The van der Waals surface area contributed by atoms with E-state index in [-0.39, 0.29) is 11.8 Å². The number of rotatable bonds is 3. The molecule has 0 radical (unpaired) electrons. The van der Waals surface area contributed by atoms with Gasteiger partial charge in [0.05, 0.1) is 5.52 Å². The SMILES string of the molecule is Cc1cc(CNC(=O)C2=NN(C)C(=O)CC2)c2ccccc2n1. The average molecular weight is 310 g/mol. The van der Waals surface area contributed by atoms with E-state index >= 15 is 0 Å². The van der Waals surface area contributed by atoms with Crippen LogP contribution in [-0.4, -0.2) is 34.6 Å². The molecule has 118 valence electrons. The maximum Gasteiger partial charge on any atom is 0.267 e. The van der Waals surface area contributed by atoms with E-state index < -0.39 is 0 Å². The Hall–Kier alpha value is -2.76. The normalized spacial score (nSPS) is 14.8. The molecule has 6 nitrogen and oxygen atoms in total. The average Bonchev–Trinajstić information content (AvgIpc) is 2.54. The van der Waals surface area contributed by atoms with Crippen LogP contribution in [-0.2, 0) is 16.1 Å². The largest absolute Gasteiger partial charge is 0.347 e. The highest BCUT2D eigenvalue weighted by atomic mass is 16.2. The molecule has 1 aromatic heterocycles. The number of carbonyl (C=O) groups is 2. The molecule has 1 aliphatic rings. The van der Waals surface area contributed by atoms with E-state index in [0.717, 1.165) is 22.2 Å². The monoisotopic (exact) mass is 310 g/mol. The van der Waals surface area contributed by atoms with Crippen LogP contribution in [0.15, 0.2) is 35.4 Å². The van der Waals surface area contributed by atoms with Gasteiger partial charge in [0.25, 0.3) is 5.91 Å². The summed E-state index contributed by atoms with van der Waals surface area (Å²) in [5.41, 5.74) is 3.23. The number of nitrogens with zero attached hydrogens (tertiary/aromatic N) is 3. The van der Waals surface area contributed by atoms with Crippen LogP contribution in [0.4, 0.5) is 0 Å². The second-order valence-electron chi connectivity index (χ2n) is 5.59. The van der Waals surface area contributed by atoms with Gasteiger partial charge in [-0.05, 0) is 24.6 Å². The molecule has 0 saturated heterocycles. The third-order valence-electron chi connectivity index (χ3n) is 3.84. The summed E-state index contributed by atoms with van der Waals surface area (Å²) in [5, 5.41) is 9.17. The van der Waals surface area contributed by atoms with Crippen LogP contribution in [0, 0.1) is 6.92 Å². The van der Waals surface area contributed by atoms with E-state index in [1.54, 1.807) is 7.05 Å². The maximum atomic E-state index is 12.2. The van der Waals surface area contributed by atoms with Gasteiger partial charge in [0, 0.05) is 37.5 Å². The van der Waals surface area contributed by atoms with E-state index in [4.69, 9.17) is 0 Å². The van der Waals surface area contributed by atoms with Gasteiger partial charge >= 0.3 is 0 Å². The quantitative estimate of drug-likeness (QED) is 0.939. The lowest BCUT2D eigenvalue weighted by molar-refractivity contribution is -0.130. The van der Waals surface area contributed by atoms with Gasteiger partial charge in [0.1, 0.15) is 5.71 Å². The molecule has 1 aliphatic heterocycles. The minimum absolute atomic E-state index is 0.0719. The zero-order valence-corrected chi connectivity index (χ0v) is 13.2. The maximum absolute atomic E-state index is 12.2. The first-order valence-electron chi connectivity index (χ1n) is 7.52. The first kappa shape index (κ1) is 15.1. The van der Waals surface area contributed by atoms with Gasteiger partial charge in [0.15, 0.2) is 0 Å². The lowest BCUT2D eigenvalue weighted by Gasteiger charge is -2.19. The summed E-state index contributed by atoms with van der Waals surface area (Å²) in [7, 11) is 1.56. The molecule has 2 amide bonds. The molecular weight excluding hydrogens is 292 g/mol. The third-order valence-corrected chi connectivity index (χ3v) is 3.84. The molecule has 2 aromatic rings. The number of aryl methyl sites for hydroxylation is 1. The van der Waals surface area contributed by atoms with Crippen molar-refractivity contribution < 1.29 is 9.59 Å². The molecule has 1 aromatic carbocycles. The fourth-order valence-electron chi connectivity index (χ4n) is 2.65. The molecule has 0 aliphatic carbocycles. The Labute approximate surface area is 134 Å². The van der Waals surface area contributed by atoms with Crippen molar-refractivity contribution in [3.05, 3.63) is 41.6 Å². The van der Waals surface area contributed by atoms with Crippen molar-refractivity contribution in [2.24, 2.45) is 5.10 Å². The number of hydrogen-bond donors (Lipinski definition) is 1. The molecule has 0 bridgehead atoms. The van der Waals surface area contributed by atoms with Crippen molar-refractivity contribution >= 4 is 28.4 Å². The number of para-hydroxylation sites is 1. The number of nitrogens with one attached hydrogen (secondary N) is 1.